The molecule has 0 aromatic carbocycles. The Hall–Kier alpha value is -3.00. The first-order chi connectivity index (χ1) is 38.4. The lowest BCUT2D eigenvalue weighted by Crippen LogP contribution is -2.65. The van der Waals surface area contributed by atoms with Crippen molar-refractivity contribution >= 4 is 29.3 Å². The van der Waals surface area contributed by atoms with E-state index in [1.54, 1.807) is 41.7 Å². The molecular weight excluding hydrogens is 1090 g/mol. The number of hydrogen-bond donors (Lipinski definition) is 8. The predicted octanol–water partition coefficient (Wildman–Crippen LogP) is 5.34. The van der Waals surface area contributed by atoms with E-state index in [2.05, 4.69) is 19.7 Å². The van der Waals surface area contributed by atoms with E-state index in [1.807, 2.05) is 12.2 Å². The van der Waals surface area contributed by atoms with Gasteiger partial charge in [0.05, 0.1) is 91.2 Å². The molecule has 10 bridgehead atoms. The van der Waals surface area contributed by atoms with Gasteiger partial charge in [-0.15, -0.1) is 0 Å². The summed E-state index contributed by atoms with van der Waals surface area (Å²) < 4.78 is 57.3. The number of halogens is 1. The average Bonchev–Trinajstić information content (AvgIpc) is 3.31. The summed E-state index contributed by atoms with van der Waals surface area (Å²) in [4.78, 5) is 41.4. The zero-order valence-electron chi connectivity index (χ0n) is 48.9. The van der Waals surface area contributed by atoms with Gasteiger partial charge in [0, 0.05) is 101 Å². The van der Waals surface area contributed by atoms with Gasteiger partial charge in [-0.05, 0) is 51.5 Å². The van der Waals surface area contributed by atoms with Crippen LogP contribution in [0.2, 0.25) is 0 Å². The number of methoxy groups -OCH3 is 1. The smallest absolute Gasteiger partial charge is 0.308 e. The second kappa shape index (κ2) is 27.8. The minimum Gasteiger partial charge on any atom is -0.461 e. The maximum Gasteiger partial charge on any atom is 0.308 e. The molecule has 0 saturated carbocycles. The zero-order valence-corrected chi connectivity index (χ0v) is 49.6. The Labute approximate surface area is 487 Å². The molecule has 0 aromatic rings. The highest BCUT2D eigenvalue weighted by atomic mass is 35.5. The molecule has 24 atom stereocenters. The second-order valence-corrected chi connectivity index (χ2v) is 25.8. The molecule has 7 heterocycles. The van der Waals surface area contributed by atoms with Gasteiger partial charge in [-0.3, -0.25) is 14.4 Å². The van der Waals surface area contributed by atoms with Crippen molar-refractivity contribution < 1.29 is 97.9 Å². The third-order valence-corrected chi connectivity index (χ3v) is 18.1. The normalized spacial score (nSPS) is 45.4. The Morgan fingerprint density at radius 3 is 2.21 bits per heavy atom. The number of aliphatic hydroxyl groups is 8. The number of ketones is 1. The molecule has 7 aliphatic rings. The van der Waals surface area contributed by atoms with Crippen molar-refractivity contribution in [1.29, 1.82) is 0 Å². The fourth-order valence-corrected chi connectivity index (χ4v) is 13.9. The Kier molecular flexibility index (Phi) is 22.5. The Morgan fingerprint density at radius 2 is 1.51 bits per heavy atom. The topological polar surface area (TPSA) is 296 Å². The molecule has 0 aromatic heterocycles. The summed E-state index contributed by atoms with van der Waals surface area (Å²) in [5.41, 5.74) is -0.438. The first-order valence-electron chi connectivity index (χ1n) is 29.4. The molecule has 6 saturated heterocycles. The van der Waals surface area contributed by atoms with Gasteiger partial charge in [0.2, 0.25) is 0 Å². The van der Waals surface area contributed by atoms with Crippen LogP contribution in [0.4, 0.5) is 0 Å². The van der Waals surface area contributed by atoms with Crippen LogP contribution in [0.25, 0.3) is 0 Å². The van der Waals surface area contributed by atoms with Crippen LogP contribution < -0.4 is 0 Å². The maximum absolute atomic E-state index is 14.4. The van der Waals surface area contributed by atoms with Crippen molar-refractivity contribution in [1.82, 2.24) is 0 Å². The second-order valence-electron chi connectivity index (χ2n) is 25.4. The van der Waals surface area contributed by atoms with Crippen LogP contribution in [-0.4, -0.2) is 186 Å². The largest absolute Gasteiger partial charge is 0.461 e. The number of allylic oxidation sites excluding steroid dienone is 3. The van der Waals surface area contributed by atoms with E-state index in [9.17, 15) is 55.2 Å². The number of hydrogen-bond acceptors (Lipinski definition) is 20. The molecule has 7 aliphatic heterocycles. The maximum atomic E-state index is 14.4. The Bertz CT molecular complexity index is 2310. The van der Waals surface area contributed by atoms with Crippen molar-refractivity contribution in [3.63, 3.8) is 0 Å². The summed E-state index contributed by atoms with van der Waals surface area (Å²) in [5, 5.41) is 93.6. The first-order valence-corrected chi connectivity index (χ1v) is 29.8. The lowest BCUT2D eigenvalue weighted by molar-refractivity contribution is -0.351. The predicted molar refractivity (Wildman–Crippen MR) is 298 cm³/mol. The van der Waals surface area contributed by atoms with Gasteiger partial charge in [-0.1, -0.05) is 88.4 Å². The lowest BCUT2D eigenvalue weighted by Gasteiger charge is -2.52. The quantitative estimate of drug-likeness (QED) is 0.0864. The van der Waals surface area contributed by atoms with E-state index in [0.717, 1.165) is 0 Å². The van der Waals surface area contributed by atoms with Crippen molar-refractivity contribution in [3.05, 3.63) is 60.2 Å². The van der Waals surface area contributed by atoms with Crippen LogP contribution in [0.1, 0.15) is 151 Å². The fourth-order valence-electron chi connectivity index (χ4n) is 13.8. The minimum atomic E-state index is -2.39. The fraction of sp³-hybridized carbons (Fsp3) is 0.787. The van der Waals surface area contributed by atoms with Gasteiger partial charge in [-0.25, -0.2) is 0 Å². The summed E-state index contributed by atoms with van der Waals surface area (Å²) in [5.74, 6) is -9.90. The van der Waals surface area contributed by atoms with Gasteiger partial charge in [0.25, 0.3) is 0 Å². The van der Waals surface area contributed by atoms with Crippen molar-refractivity contribution in [3.8, 4) is 0 Å². The van der Waals surface area contributed by atoms with Gasteiger partial charge < -0.3 is 83.5 Å². The van der Waals surface area contributed by atoms with Crippen LogP contribution in [0.3, 0.4) is 0 Å². The van der Waals surface area contributed by atoms with Crippen LogP contribution in [0.5, 0.6) is 0 Å². The summed E-state index contributed by atoms with van der Waals surface area (Å²) in [6, 6.07) is 0. The van der Waals surface area contributed by atoms with Gasteiger partial charge in [-0.2, -0.15) is 0 Å². The number of aliphatic hydroxyl groups excluding tert-OH is 6. The number of rotatable bonds is 8. The summed E-state index contributed by atoms with van der Waals surface area (Å²) >= 11 is 5.88. The SMILES string of the molecule is C=C(Cl)/C=C/[C@@H](O)CC(=C)C[C@H]1O[C@@H]2[C@H](C)[C@@H](OC(=O)C[C@H]3C[C@H](O)C[C@@]4(C[C@@](C)(O)C[C@H](CC(=C)[C@@H](C)[C@H](OC(C)=O)[C@H](C)C(=O)C[C@@H]5C[C@H](OC)C[C@@]6(C[C@@H](O)C[C@H](C=CCCC[C@H]7O[C@](O)(C[C@H](O)[C@H]7C)[C@H]2O)O6)O5)O4)O3)[C@@H]1O. The Morgan fingerprint density at radius 1 is 0.841 bits per heavy atom. The highest BCUT2D eigenvalue weighted by Crippen LogP contribution is 2.48. The number of Topliss-reactive ketones (excluding diaryl/α,β-unsaturated/α-hetero) is 1. The molecule has 8 N–H and O–H groups in total. The van der Waals surface area contributed by atoms with E-state index >= 15 is 0 Å². The minimum absolute atomic E-state index is 0.00951. The molecule has 0 amide bonds. The van der Waals surface area contributed by atoms with Crippen LogP contribution in [-0.2, 0) is 57.0 Å². The number of carbonyl (C=O) groups excluding carboxylic acids is 3. The number of carbonyl (C=O) groups is 3. The van der Waals surface area contributed by atoms with Gasteiger partial charge in [0.1, 0.15) is 30.2 Å². The third kappa shape index (κ3) is 16.9. The molecule has 82 heavy (non-hydrogen) atoms. The molecule has 2 spiro atoms. The van der Waals surface area contributed by atoms with E-state index in [4.69, 9.17) is 54.2 Å². The average molecular weight is 1180 g/mol. The van der Waals surface area contributed by atoms with Crippen LogP contribution in [0, 0.1) is 23.7 Å². The third-order valence-electron chi connectivity index (χ3n) is 18.0. The van der Waals surface area contributed by atoms with Gasteiger partial charge >= 0.3 is 11.9 Å². The summed E-state index contributed by atoms with van der Waals surface area (Å²) in [7, 11) is 1.58. The van der Waals surface area contributed by atoms with Gasteiger partial charge in [0.15, 0.2) is 17.4 Å². The van der Waals surface area contributed by atoms with E-state index in [-0.39, 0.29) is 81.1 Å². The molecule has 21 heteroatoms. The summed E-state index contributed by atoms with van der Waals surface area (Å²) in [6.07, 6.45) is -8.40. The number of fused-ring (bicyclic) bond motifs is 8. The van der Waals surface area contributed by atoms with Crippen molar-refractivity contribution in [2.24, 2.45) is 23.7 Å². The zero-order chi connectivity index (χ0) is 60.2. The van der Waals surface area contributed by atoms with E-state index in [0.29, 0.717) is 43.3 Å². The number of ether oxygens (including phenoxy) is 9. The number of esters is 2. The summed E-state index contributed by atoms with van der Waals surface area (Å²) in [6.45, 7) is 21.8. The van der Waals surface area contributed by atoms with E-state index < -0.39 is 163 Å². The molecule has 464 valence electrons. The van der Waals surface area contributed by atoms with Crippen LogP contribution in [0.15, 0.2) is 60.2 Å². The standard InChI is InChI=1S/C61H93ClO20/c1-32(18-40(64)17-16-34(3)62)19-51-53(70)55-38(7)56(76-51)57(71)61(73)30-49(68)36(5)50(82-61)15-13-11-12-14-43-21-41(65)26-59(78-43)29-46(74-10)23-45(79-59)24-48(67)37(6)54(75-39(8)63)35(4)33(2)20-47-28-58(9,72)31-60(81-47)27-42(66)22-44(80-60)25-52(69)77-55/h12,14,16-17,35-38,40-47,49-51,53-57,64-66,68,70-73H,1-3,11,13,15,18-31H2,4-10H3/b14-12?,17-16+/t35-,36-,37-,38-,40-,41+,42+,43+,44-,45+,46+,47+,49+,50-,51-,53-,54+,55-,56-,57+,58+,59-,60-,61-/m1/s1. The molecule has 6 fully saturated rings. The van der Waals surface area contributed by atoms with Crippen LogP contribution >= 0.6 is 11.6 Å². The monoisotopic (exact) mass is 1180 g/mol. The molecule has 20 nitrogen and oxygen atoms in total. The molecule has 7 rings (SSSR count). The molecule has 0 radical (unpaired) electrons. The van der Waals surface area contributed by atoms with Crippen molar-refractivity contribution in [2.75, 3.05) is 7.11 Å². The lowest BCUT2D eigenvalue weighted by atomic mass is 9.78. The highest BCUT2D eigenvalue weighted by Gasteiger charge is 2.58. The molecule has 0 aliphatic carbocycles. The van der Waals surface area contributed by atoms with Crippen molar-refractivity contribution in [2.45, 2.75) is 271 Å². The highest BCUT2D eigenvalue weighted by molar-refractivity contribution is 6.30. The van der Waals surface area contributed by atoms with E-state index in [1.165, 1.54) is 19.1 Å². The Balaban J connectivity index is 1.19. The molecular formula is C61H93ClO20. The first kappa shape index (κ1) is 66.5. The molecule has 0 unspecified atom stereocenters.